The second-order valence-corrected chi connectivity index (χ2v) is 3.44. The largest absolute Gasteiger partial charge is 0.362 e. The van der Waals surface area contributed by atoms with Crippen molar-refractivity contribution in [3.8, 4) is 0 Å². The van der Waals surface area contributed by atoms with E-state index in [9.17, 15) is 4.79 Å². The second kappa shape index (κ2) is 4.98. The number of carbonyl (C=O) groups excluding carboxylic acids is 1. The Labute approximate surface area is 85.4 Å². The van der Waals surface area contributed by atoms with E-state index < -0.39 is 0 Å². The molecule has 0 aromatic heterocycles. The SMILES string of the molecule is CCC1NC(=NC)CCN(CC)C1=O. The Morgan fingerprint density at radius 3 is 2.79 bits per heavy atom. The summed E-state index contributed by atoms with van der Waals surface area (Å²) < 4.78 is 0. The summed E-state index contributed by atoms with van der Waals surface area (Å²) in [6, 6.07) is -0.0869. The van der Waals surface area contributed by atoms with Crippen LogP contribution in [0, 0.1) is 0 Å². The summed E-state index contributed by atoms with van der Waals surface area (Å²) in [5, 5.41) is 3.19. The van der Waals surface area contributed by atoms with Crippen LogP contribution in [0.3, 0.4) is 0 Å². The van der Waals surface area contributed by atoms with Crippen molar-refractivity contribution in [3.05, 3.63) is 0 Å². The fourth-order valence-corrected chi connectivity index (χ4v) is 1.67. The lowest BCUT2D eigenvalue weighted by Gasteiger charge is -2.21. The summed E-state index contributed by atoms with van der Waals surface area (Å²) >= 11 is 0. The van der Waals surface area contributed by atoms with Gasteiger partial charge in [-0.2, -0.15) is 0 Å². The van der Waals surface area contributed by atoms with Gasteiger partial charge in [-0.15, -0.1) is 0 Å². The van der Waals surface area contributed by atoms with Crippen LogP contribution in [-0.4, -0.2) is 42.8 Å². The molecule has 1 heterocycles. The van der Waals surface area contributed by atoms with Crippen molar-refractivity contribution in [2.24, 2.45) is 4.99 Å². The number of carbonyl (C=O) groups is 1. The van der Waals surface area contributed by atoms with Crippen molar-refractivity contribution in [3.63, 3.8) is 0 Å². The molecule has 0 spiro atoms. The minimum Gasteiger partial charge on any atom is -0.362 e. The number of amides is 1. The highest BCUT2D eigenvalue weighted by atomic mass is 16.2. The molecule has 1 fully saturated rings. The molecule has 1 saturated heterocycles. The van der Waals surface area contributed by atoms with Crippen molar-refractivity contribution >= 4 is 11.7 Å². The first-order chi connectivity index (χ1) is 6.72. The molecule has 1 amide bonds. The van der Waals surface area contributed by atoms with Gasteiger partial charge in [-0.25, -0.2) is 0 Å². The lowest BCUT2D eigenvalue weighted by atomic mass is 10.2. The van der Waals surface area contributed by atoms with Gasteiger partial charge < -0.3 is 10.2 Å². The highest BCUT2D eigenvalue weighted by Crippen LogP contribution is 2.06. The van der Waals surface area contributed by atoms with Crippen molar-refractivity contribution in [1.29, 1.82) is 0 Å². The Morgan fingerprint density at radius 2 is 2.29 bits per heavy atom. The minimum atomic E-state index is -0.0869. The van der Waals surface area contributed by atoms with E-state index in [1.165, 1.54) is 0 Å². The van der Waals surface area contributed by atoms with Crippen LogP contribution in [-0.2, 0) is 4.79 Å². The molecule has 80 valence electrons. The van der Waals surface area contributed by atoms with Crippen LogP contribution in [0.4, 0.5) is 0 Å². The van der Waals surface area contributed by atoms with Gasteiger partial charge in [0.2, 0.25) is 5.91 Å². The molecule has 0 aliphatic carbocycles. The number of nitrogens with zero attached hydrogens (tertiary/aromatic N) is 2. The molecule has 1 aliphatic rings. The normalized spacial score (nSPS) is 26.2. The van der Waals surface area contributed by atoms with E-state index in [-0.39, 0.29) is 11.9 Å². The number of likely N-dealkylation sites (N-methyl/N-ethyl adjacent to an activating group) is 1. The van der Waals surface area contributed by atoms with Gasteiger partial charge >= 0.3 is 0 Å². The fraction of sp³-hybridized carbons (Fsp3) is 0.800. The molecule has 1 N–H and O–H groups in total. The summed E-state index contributed by atoms with van der Waals surface area (Å²) in [6.45, 7) is 5.60. The number of rotatable bonds is 2. The Hall–Kier alpha value is -1.06. The Morgan fingerprint density at radius 1 is 1.57 bits per heavy atom. The third-order valence-corrected chi connectivity index (χ3v) is 2.63. The maximum Gasteiger partial charge on any atom is 0.245 e. The van der Waals surface area contributed by atoms with Gasteiger partial charge in [-0.1, -0.05) is 6.92 Å². The molecule has 4 heteroatoms. The maximum absolute atomic E-state index is 11.9. The number of hydrogen-bond acceptors (Lipinski definition) is 2. The summed E-state index contributed by atoms with van der Waals surface area (Å²) in [4.78, 5) is 17.9. The standard InChI is InChI=1S/C10H19N3O/c1-4-8-10(14)13(5-2)7-6-9(11-3)12-8/h8H,4-7H2,1-3H3,(H,11,12). The molecular weight excluding hydrogens is 178 g/mol. The number of aliphatic imine (C=N–C) groups is 1. The topological polar surface area (TPSA) is 44.7 Å². The average molecular weight is 197 g/mol. The van der Waals surface area contributed by atoms with E-state index in [4.69, 9.17) is 0 Å². The molecule has 14 heavy (non-hydrogen) atoms. The molecule has 1 atom stereocenters. The molecule has 4 nitrogen and oxygen atoms in total. The Bertz CT molecular complexity index is 238. The first-order valence-corrected chi connectivity index (χ1v) is 5.23. The monoisotopic (exact) mass is 197 g/mol. The van der Waals surface area contributed by atoms with Crippen molar-refractivity contribution in [1.82, 2.24) is 10.2 Å². The number of amidine groups is 1. The van der Waals surface area contributed by atoms with Crippen molar-refractivity contribution in [2.75, 3.05) is 20.1 Å². The highest BCUT2D eigenvalue weighted by molar-refractivity contribution is 5.92. The molecular formula is C10H19N3O. The van der Waals surface area contributed by atoms with E-state index in [0.29, 0.717) is 0 Å². The summed E-state index contributed by atoms with van der Waals surface area (Å²) in [7, 11) is 1.77. The van der Waals surface area contributed by atoms with Gasteiger partial charge in [0.05, 0.1) is 5.84 Å². The van der Waals surface area contributed by atoms with E-state index in [2.05, 4.69) is 10.3 Å². The summed E-state index contributed by atoms with van der Waals surface area (Å²) in [5.41, 5.74) is 0. The van der Waals surface area contributed by atoms with Gasteiger partial charge in [0.1, 0.15) is 6.04 Å². The van der Waals surface area contributed by atoms with Crippen LogP contribution < -0.4 is 5.32 Å². The highest BCUT2D eigenvalue weighted by Gasteiger charge is 2.26. The predicted molar refractivity (Wildman–Crippen MR) is 57.4 cm³/mol. The first-order valence-electron chi connectivity index (χ1n) is 5.23. The number of nitrogens with one attached hydrogen (secondary N) is 1. The maximum atomic E-state index is 11.9. The van der Waals surface area contributed by atoms with E-state index >= 15 is 0 Å². The molecule has 1 aliphatic heterocycles. The molecule has 0 aromatic rings. The van der Waals surface area contributed by atoms with Crippen LogP contribution in [0.1, 0.15) is 26.7 Å². The third-order valence-electron chi connectivity index (χ3n) is 2.63. The second-order valence-electron chi connectivity index (χ2n) is 3.44. The fourth-order valence-electron chi connectivity index (χ4n) is 1.67. The van der Waals surface area contributed by atoms with Gasteiger partial charge in [0.15, 0.2) is 0 Å². The summed E-state index contributed by atoms with van der Waals surface area (Å²) in [6.07, 6.45) is 1.65. The van der Waals surface area contributed by atoms with Crippen LogP contribution in [0.15, 0.2) is 4.99 Å². The molecule has 0 radical (unpaired) electrons. The molecule has 0 aromatic carbocycles. The Balaban J connectivity index is 2.78. The predicted octanol–water partition coefficient (Wildman–Crippen LogP) is 0.635. The molecule has 0 saturated carbocycles. The smallest absolute Gasteiger partial charge is 0.245 e. The zero-order chi connectivity index (χ0) is 10.6. The lowest BCUT2D eigenvalue weighted by molar-refractivity contribution is -0.132. The van der Waals surface area contributed by atoms with Crippen LogP contribution in [0.5, 0.6) is 0 Å². The summed E-state index contributed by atoms with van der Waals surface area (Å²) in [5.74, 6) is 1.15. The zero-order valence-electron chi connectivity index (χ0n) is 9.21. The van der Waals surface area contributed by atoms with E-state index in [0.717, 1.165) is 31.8 Å². The zero-order valence-corrected chi connectivity index (χ0v) is 9.21. The van der Waals surface area contributed by atoms with Gasteiger partial charge in [0, 0.05) is 26.6 Å². The van der Waals surface area contributed by atoms with E-state index in [1.54, 1.807) is 7.05 Å². The van der Waals surface area contributed by atoms with Gasteiger partial charge in [-0.3, -0.25) is 9.79 Å². The third kappa shape index (κ3) is 2.25. The molecule has 0 bridgehead atoms. The quantitative estimate of drug-likeness (QED) is 0.706. The van der Waals surface area contributed by atoms with E-state index in [1.807, 2.05) is 18.7 Å². The van der Waals surface area contributed by atoms with Gasteiger partial charge in [0.25, 0.3) is 0 Å². The Kier molecular flexibility index (Phi) is 3.92. The average Bonchev–Trinajstić information content (AvgIpc) is 2.37. The van der Waals surface area contributed by atoms with Crippen LogP contribution >= 0.6 is 0 Å². The first kappa shape index (κ1) is 11.0. The van der Waals surface area contributed by atoms with Crippen molar-refractivity contribution < 1.29 is 4.79 Å². The van der Waals surface area contributed by atoms with Crippen LogP contribution in [0.2, 0.25) is 0 Å². The molecule has 1 unspecified atom stereocenters. The number of hydrogen-bond donors (Lipinski definition) is 1. The van der Waals surface area contributed by atoms with Crippen LogP contribution in [0.25, 0.3) is 0 Å². The lowest BCUT2D eigenvalue weighted by Crippen LogP contribution is -2.44. The minimum absolute atomic E-state index is 0.0869. The molecule has 1 rings (SSSR count). The van der Waals surface area contributed by atoms with Crippen molar-refractivity contribution in [2.45, 2.75) is 32.7 Å². The van der Waals surface area contributed by atoms with Gasteiger partial charge in [-0.05, 0) is 13.3 Å².